The Kier molecular flexibility index (Phi) is 2.48. The average Bonchev–Trinajstić information content (AvgIpc) is 2.17. The van der Waals surface area contributed by atoms with Crippen LogP contribution in [0.5, 0.6) is 0 Å². The van der Waals surface area contributed by atoms with Crippen LogP contribution in [0.1, 0.15) is 37.3 Å². The summed E-state index contributed by atoms with van der Waals surface area (Å²) in [5, 5.41) is 9.23. The fourth-order valence-corrected chi connectivity index (χ4v) is 2.27. The van der Waals surface area contributed by atoms with E-state index in [1.165, 1.54) is 6.07 Å². The highest BCUT2D eigenvalue weighted by Gasteiger charge is 2.40. The van der Waals surface area contributed by atoms with Crippen LogP contribution in [0.3, 0.4) is 0 Å². The molecular weight excluding hydrogens is 189 g/mol. The Hall–Kier alpha value is -1.36. The number of nitriles is 1. The van der Waals surface area contributed by atoms with Gasteiger partial charge in [0, 0.05) is 0 Å². The first-order valence-corrected chi connectivity index (χ1v) is 5.42. The molecule has 1 fully saturated rings. The molecule has 0 radical (unpaired) electrons. The molecule has 15 heavy (non-hydrogen) atoms. The fourth-order valence-electron chi connectivity index (χ4n) is 2.27. The number of halogens is 1. The number of hydrogen-bond acceptors (Lipinski definition) is 1. The van der Waals surface area contributed by atoms with Gasteiger partial charge in [0.05, 0.1) is 11.5 Å². The third-order valence-corrected chi connectivity index (χ3v) is 3.39. The maximum Gasteiger partial charge on any atom is 0.123 e. The zero-order valence-corrected chi connectivity index (χ0v) is 8.89. The molecule has 0 bridgehead atoms. The summed E-state index contributed by atoms with van der Waals surface area (Å²) in [6, 6.07) is 7.20. The molecule has 1 aliphatic rings. The minimum Gasteiger partial charge on any atom is -0.207 e. The molecule has 0 atom stereocenters. The van der Waals surface area contributed by atoms with Crippen molar-refractivity contribution in [1.29, 1.82) is 5.26 Å². The molecule has 1 aliphatic carbocycles. The van der Waals surface area contributed by atoms with Crippen LogP contribution in [-0.4, -0.2) is 0 Å². The maximum absolute atomic E-state index is 13.2. The predicted molar refractivity (Wildman–Crippen MR) is 56.9 cm³/mol. The molecule has 2 heteroatoms. The highest BCUT2D eigenvalue weighted by Crippen LogP contribution is 2.44. The van der Waals surface area contributed by atoms with Gasteiger partial charge in [0.1, 0.15) is 5.82 Å². The predicted octanol–water partition coefficient (Wildman–Crippen LogP) is 3.33. The fraction of sp³-hybridized carbons (Fsp3) is 0.462. The SMILES string of the molecule is CCc1ccc(F)cc1C1(C#N)CCC1. The molecule has 1 aromatic rings. The van der Waals surface area contributed by atoms with Gasteiger partial charge in [-0.2, -0.15) is 5.26 Å². The van der Waals surface area contributed by atoms with E-state index in [-0.39, 0.29) is 5.82 Å². The number of nitrogens with zero attached hydrogens (tertiary/aromatic N) is 1. The molecular formula is C13H14FN. The van der Waals surface area contributed by atoms with E-state index in [1.807, 2.05) is 13.0 Å². The third kappa shape index (κ3) is 1.52. The summed E-state index contributed by atoms with van der Waals surface area (Å²) in [5.74, 6) is -0.233. The Labute approximate surface area is 89.5 Å². The average molecular weight is 203 g/mol. The first-order valence-electron chi connectivity index (χ1n) is 5.42. The Morgan fingerprint density at radius 2 is 2.20 bits per heavy atom. The highest BCUT2D eigenvalue weighted by molar-refractivity contribution is 5.41. The molecule has 0 unspecified atom stereocenters. The molecule has 0 heterocycles. The van der Waals surface area contributed by atoms with Crippen molar-refractivity contribution in [3.05, 3.63) is 35.1 Å². The Bertz CT molecular complexity index is 413. The lowest BCUT2D eigenvalue weighted by molar-refractivity contribution is 0.321. The lowest BCUT2D eigenvalue weighted by Gasteiger charge is -2.37. The summed E-state index contributed by atoms with van der Waals surface area (Å²) in [7, 11) is 0. The first kappa shape index (κ1) is 10.2. The summed E-state index contributed by atoms with van der Waals surface area (Å²) in [6.45, 7) is 2.04. The van der Waals surface area contributed by atoms with Crippen LogP contribution in [-0.2, 0) is 11.8 Å². The molecule has 1 nitrogen and oxygen atoms in total. The molecule has 78 valence electrons. The van der Waals surface area contributed by atoms with Crippen molar-refractivity contribution in [2.75, 3.05) is 0 Å². The molecule has 0 aliphatic heterocycles. The first-order chi connectivity index (χ1) is 7.22. The maximum atomic E-state index is 13.2. The second-order valence-corrected chi connectivity index (χ2v) is 4.20. The Morgan fingerprint density at radius 1 is 1.47 bits per heavy atom. The molecule has 0 amide bonds. The molecule has 1 saturated carbocycles. The second-order valence-electron chi connectivity index (χ2n) is 4.20. The van der Waals surface area contributed by atoms with Crippen LogP contribution in [0.15, 0.2) is 18.2 Å². The zero-order chi connectivity index (χ0) is 10.9. The normalized spacial score (nSPS) is 17.9. The third-order valence-electron chi connectivity index (χ3n) is 3.39. The largest absolute Gasteiger partial charge is 0.207 e. The topological polar surface area (TPSA) is 23.8 Å². The van der Waals surface area contributed by atoms with E-state index in [4.69, 9.17) is 0 Å². The van der Waals surface area contributed by atoms with Crippen LogP contribution >= 0.6 is 0 Å². The lowest BCUT2D eigenvalue weighted by atomic mass is 9.64. The van der Waals surface area contributed by atoms with E-state index in [0.717, 1.165) is 36.8 Å². The van der Waals surface area contributed by atoms with Gasteiger partial charge in [-0.3, -0.25) is 0 Å². The van der Waals surface area contributed by atoms with Crippen molar-refractivity contribution in [2.45, 2.75) is 38.0 Å². The van der Waals surface area contributed by atoms with Crippen molar-refractivity contribution in [3.8, 4) is 6.07 Å². The number of benzene rings is 1. The molecule has 0 N–H and O–H groups in total. The van der Waals surface area contributed by atoms with Crippen molar-refractivity contribution >= 4 is 0 Å². The summed E-state index contributed by atoms with van der Waals surface area (Å²) >= 11 is 0. The van der Waals surface area contributed by atoms with Crippen molar-refractivity contribution in [2.24, 2.45) is 0 Å². The van der Waals surface area contributed by atoms with Gasteiger partial charge in [0.15, 0.2) is 0 Å². The van der Waals surface area contributed by atoms with Crippen molar-refractivity contribution < 1.29 is 4.39 Å². The monoisotopic (exact) mass is 203 g/mol. The van der Waals surface area contributed by atoms with Gasteiger partial charge in [-0.05, 0) is 48.9 Å². The second kappa shape index (κ2) is 3.66. The van der Waals surface area contributed by atoms with Gasteiger partial charge in [-0.1, -0.05) is 13.0 Å². The van der Waals surface area contributed by atoms with Crippen LogP contribution in [0.2, 0.25) is 0 Å². The van der Waals surface area contributed by atoms with Gasteiger partial charge in [-0.25, -0.2) is 4.39 Å². The standard InChI is InChI=1S/C13H14FN/c1-2-10-4-5-11(14)8-12(10)13(9-15)6-3-7-13/h4-5,8H,2-3,6-7H2,1H3. The summed E-state index contributed by atoms with van der Waals surface area (Å²) in [4.78, 5) is 0. The minimum atomic E-state index is -0.395. The molecule has 0 aromatic heterocycles. The smallest absolute Gasteiger partial charge is 0.123 e. The summed E-state index contributed by atoms with van der Waals surface area (Å²) in [5.41, 5.74) is 1.63. The van der Waals surface area contributed by atoms with E-state index >= 15 is 0 Å². The van der Waals surface area contributed by atoms with Crippen LogP contribution in [0.25, 0.3) is 0 Å². The van der Waals surface area contributed by atoms with Gasteiger partial charge < -0.3 is 0 Å². The van der Waals surface area contributed by atoms with Crippen LogP contribution in [0, 0.1) is 17.1 Å². The van der Waals surface area contributed by atoms with Gasteiger partial charge in [0.2, 0.25) is 0 Å². The van der Waals surface area contributed by atoms with Gasteiger partial charge in [0.25, 0.3) is 0 Å². The molecule has 0 saturated heterocycles. The number of rotatable bonds is 2. The van der Waals surface area contributed by atoms with Crippen LogP contribution in [0.4, 0.5) is 4.39 Å². The lowest BCUT2D eigenvalue weighted by Crippen LogP contribution is -2.33. The Morgan fingerprint density at radius 3 is 2.67 bits per heavy atom. The zero-order valence-electron chi connectivity index (χ0n) is 8.89. The van der Waals surface area contributed by atoms with Gasteiger partial charge >= 0.3 is 0 Å². The molecule has 0 spiro atoms. The Balaban J connectivity index is 2.50. The van der Waals surface area contributed by atoms with E-state index < -0.39 is 5.41 Å². The van der Waals surface area contributed by atoms with E-state index in [2.05, 4.69) is 6.07 Å². The summed E-state index contributed by atoms with van der Waals surface area (Å²) < 4.78 is 13.2. The van der Waals surface area contributed by atoms with Crippen molar-refractivity contribution in [3.63, 3.8) is 0 Å². The number of hydrogen-bond donors (Lipinski definition) is 0. The van der Waals surface area contributed by atoms with E-state index in [1.54, 1.807) is 6.07 Å². The van der Waals surface area contributed by atoms with Crippen molar-refractivity contribution in [1.82, 2.24) is 0 Å². The summed E-state index contributed by atoms with van der Waals surface area (Å²) in [6.07, 6.45) is 3.69. The number of aryl methyl sites for hydroxylation is 1. The van der Waals surface area contributed by atoms with Crippen LogP contribution < -0.4 is 0 Å². The van der Waals surface area contributed by atoms with Gasteiger partial charge in [-0.15, -0.1) is 0 Å². The minimum absolute atomic E-state index is 0.233. The quantitative estimate of drug-likeness (QED) is 0.723. The molecule has 2 rings (SSSR count). The highest BCUT2D eigenvalue weighted by atomic mass is 19.1. The van der Waals surface area contributed by atoms with E-state index in [0.29, 0.717) is 0 Å². The molecule has 1 aromatic carbocycles. The van der Waals surface area contributed by atoms with E-state index in [9.17, 15) is 9.65 Å².